The van der Waals surface area contributed by atoms with Crippen LogP contribution in [0, 0.1) is 0 Å². The third kappa shape index (κ3) is 6.06. The Balaban J connectivity index is 1.30. The van der Waals surface area contributed by atoms with Crippen LogP contribution in [0.4, 0.5) is 0 Å². The third-order valence-corrected chi connectivity index (χ3v) is 7.15. The number of benzene rings is 2. The highest BCUT2D eigenvalue weighted by Gasteiger charge is 2.24. The van der Waals surface area contributed by atoms with E-state index in [4.69, 9.17) is 4.98 Å². The molecule has 2 aromatic carbocycles. The molecule has 0 saturated carbocycles. The summed E-state index contributed by atoms with van der Waals surface area (Å²) in [6.45, 7) is 4.01. The Bertz CT molecular complexity index is 1130. The van der Waals surface area contributed by atoms with Crippen molar-refractivity contribution in [1.29, 1.82) is 0 Å². The molecule has 1 aromatic heterocycles. The normalized spacial score (nSPS) is 16.1. The molecule has 0 bridgehead atoms. The number of rotatable bonds is 9. The summed E-state index contributed by atoms with van der Waals surface area (Å²) in [7, 11) is 0. The van der Waals surface area contributed by atoms with Gasteiger partial charge in [-0.25, -0.2) is 4.98 Å². The Morgan fingerprint density at radius 2 is 1.85 bits per heavy atom. The third-order valence-electron chi connectivity index (χ3n) is 6.62. The van der Waals surface area contributed by atoms with Gasteiger partial charge in [-0.15, -0.1) is 0 Å². The summed E-state index contributed by atoms with van der Waals surface area (Å²) in [4.78, 5) is 32.2. The number of piperidine rings is 1. The smallest absolute Gasteiger partial charge is 0.251 e. The van der Waals surface area contributed by atoms with E-state index in [-0.39, 0.29) is 11.8 Å². The van der Waals surface area contributed by atoms with Gasteiger partial charge in [0.15, 0.2) is 0 Å². The average molecular weight is 525 g/mol. The van der Waals surface area contributed by atoms with Crippen molar-refractivity contribution < 1.29 is 9.59 Å². The predicted molar refractivity (Wildman–Crippen MR) is 139 cm³/mol. The Morgan fingerprint density at radius 1 is 1.06 bits per heavy atom. The molecule has 3 aromatic rings. The number of fused-ring (bicyclic) bond motifs is 1. The number of amides is 2. The molecule has 1 saturated heterocycles. The number of carbonyl (C=O) groups is 2. The van der Waals surface area contributed by atoms with Crippen molar-refractivity contribution in [2.45, 2.75) is 64.5 Å². The van der Waals surface area contributed by atoms with Crippen molar-refractivity contribution in [3.05, 3.63) is 64.4 Å². The number of unbranched alkanes of at least 4 members (excludes halogenated alkanes) is 2. The van der Waals surface area contributed by atoms with E-state index in [0.717, 1.165) is 66.4 Å². The first-order valence-corrected chi connectivity index (χ1v) is 13.1. The van der Waals surface area contributed by atoms with Crippen LogP contribution in [0.2, 0.25) is 0 Å². The lowest BCUT2D eigenvalue weighted by Gasteiger charge is -2.33. The molecule has 6 nitrogen and oxygen atoms in total. The van der Waals surface area contributed by atoms with E-state index in [1.54, 1.807) is 0 Å². The molecule has 0 radical (unpaired) electrons. The summed E-state index contributed by atoms with van der Waals surface area (Å²) in [5.41, 5.74) is 2.64. The molecule has 1 aliphatic rings. The largest absolute Gasteiger partial charge is 0.352 e. The highest BCUT2D eigenvalue weighted by Crippen LogP contribution is 2.21. The molecule has 0 aliphatic carbocycles. The first-order chi connectivity index (χ1) is 16.5. The minimum absolute atomic E-state index is 0.0419. The quantitative estimate of drug-likeness (QED) is 0.384. The molecule has 1 unspecified atom stereocenters. The molecule has 2 heterocycles. The summed E-state index contributed by atoms with van der Waals surface area (Å²) < 4.78 is 3.07. The number of aryl methyl sites for hydroxylation is 1. The lowest BCUT2D eigenvalue weighted by molar-refractivity contribution is -0.135. The molecule has 1 N–H and O–H groups in total. The van der Waals surface area contributed by atoms with Crippen LogP contribution >= 0.6 is 15.9 Å². The number of hydrogen-bond acceptors (Lipinski definition) is 3. The van der Waals surface area contributed by atoms with Crippen molar-refractivity contribution in [1.82, 2.24) is 19.8 Å². The number of nitrogens with zero attached hydrogens (tertiary/aromatic N) is 3. The lowest BCUT2D eigenvalue weighted by atomic mass is 10.0. The van der Waals surface area contributed by atoms with E-state index in [2.05, 4.69) is 38.8 Å². The van der Waals surface area contributed by atoms with Crippen molar-refractivity contribution in [3.63, 3.8) is 0 Å². The SMILES string of the molecule is CC1CCCCN1C(=O)Cn1c(CCCCCNC(=O)c2ccc(Br)cc2)nc2ccccc21. The van der Waals surface area contributed by atoms with Gasteiger partial charge >= 0.3 is 0 Å². The van der Waals surface area contributed by atoms with Crippen LogP contribution < -0.4 is 5.32 Å². The van der Waals surface area contributed by atoms with Gasteiger partial charge < -0.3 is 14.8 Å². The maximum atomic E-state index is 13.1. The molecule has 7 heteroatoms. The fourth-order valence-electron chi connectivity index (χ4n) is 4.68. The van der Waals surface area contributed by atoms with E-state index in [9.17, 15) is 9.59 Å². The second-order valence-corrected chi connectivity index (χ2v) is 10.0. The number of aromatic nitrogens is 2. The minimum Gasteiger partial charge on any atom is -0.352 e. The first-order valence-electron chi connectivity index (χ1n) is 12.3. The van der Waals surface area contributed by atoms with Crippen molar-refractivity contribution in [3.8, 4) is 0 Å². The molecule has 180 valence electrons. The molecule has 0 spiro atoms. The van der Waals surface area contributed by atoms with Crippen LogP contribution in [0.1, 0.15) is 61.6 Å². The van der Waals surface area contributed by atoms with Crippen molar-refractivity contribution >= 4 is 38.8 Å². The van der Waals surface area contributed by atoms with Gasteiger partial charge in [-0.1, -0.05) is 34.5 Å². The van der Waals surface area contributed by atoms with Crippen molar-refractivity contribution in [2.24, 2.45) is 0 Å². The van der Waals surface area contributed by atoms with Gasteiger partial charge in [-0.3, -0.25) is 9.59 Å². The van der Waals surface area contributed by atoms with Gasteiger partial charge in [0.2, 0.25) is 5.91 Å². The Hall–Kier alpha value is -2.67. The maximum absolute atomic E-state index is 13.1. The number of likely N-dealkylation sites (tertiary alicyclic amines) is 1. The number of para-hydroxylation sites is 2. The van der Waals surface area contributed by atoms with Gasteiger partial charge in [-0.2, -0.15) is 0 Å². The molecule has 1 atom stereocenters. The van der Waals surface area contributed by atoms with Gasteiger partial charge in [0.05, 0.1) is 11.0 Å². The van der Waals surface area contributed by atoms with Crippen LogP contribution in [0.25, 0.3) is 11.0 Å². The Morgan fingerprint density at radius 3 is 2.65 bits per heavy atom. The van der Waals surface area contributed by atoms with E-state index in [0.29, 0.717) is 24.7 Å². The number of imidazole rings is 1. The standard InChI is InChI=1S/C27H33BrN4O2/c1-20-9-6-8-18-31(20)26(33)19-32-24-11-5-4-10-23(24)30-25(32)12-3-2-7-17-29-27(34)21-13-15-22(28)16-14-21/h4-5,10-11,13-16,20H,2-3,6-9,12,17-19H2,1H3,(H,29,34). The zero-order valence-electron chi connectivity index (χ0n) is 19.8. The zero-order valence-corrected chi connectivity index (χ0v) is 21.4. The summed E-state index contributed by atoms with van der Waals surface area (Å²) in [6, 6.07) is 15.8. The summed E-state index contributed by atoms with van der Waals surface area (Å²) in [6.07, 6.45) is 7.05. The fourth-order valence-corrected chi connectivity index (χ4v) is 4.94. The van der Waals surface area contributed by atoms with Crippen LogP contribution in [-0.4, -0.2) is 45.4 Å². The van der Waals surface area contributed by atoms with Crippen molar-refractivity contribution in [2.75, 3.05) is 13.1 Å². The lowest BCUT2D eigenvalue weighted by Crippen LogP contribution is -2.43. The first kappa shape index (κ1) is 24.5. The van der Waals surface area contributed by atoms with Crippen LogP contribution in [0.5, 0.6) is 0 Å². The average Bonchev–Trinajstić information content (AvgIpc) is 3.19. The molecule has 4 rings (SSSR count). The Kier molecular flexibility index (Phi) is 8.38. The molecule has 2 amide bonds. The summed E-state index contributed by atoms with van der Waals surface area (Å²) in [5, 5.41) is 2.99. The van der Waals surface area contributed by atoms with Gasteiger partial charge in [0.25, 0.3) is 5.91 Å². The van der Waals surface area contributed by atoms with E-state index < -0.39 is 0 Å². The topological polar surface area (TPSA) is 67.2 Å². The molecule has 1 fully saturated rings. The number of carbonyl (C=O) groups excluding carboxylic acids is 2. The molecular formula is C27H33BrN4O2. The number of hydrogen-bond donors (Lipinski definition) is 1. The highest BCUT2D eigenvalue weighted by atomic mass is 79.9. The van der Waals surface area contributed by atoms with E-state index in [1.165, 1.54) is 6.42 Å². The molecule has 1 aliphatic heterocycles. The molecule has 34 heavy (non-hydrogen) atoms. The Labute approximate surface area is 209 Å². The van der Waals surface area contributed by atoms with Gasteiger partial charge in [0.1, 0.15) is 12.4 Å². The monoisotopic (exact) mass is 524 g/mol. The minimum atomic E-state index is -0.0419. The summed E-state index contributed by atoms with van der Waals surface area (Å²) in [5.74, 6) is 1.12. The predicted octanol–water partition coefficient (Wildman–Crippen LogP) is 5.34. The summed E-state index contributed by atoms with van der Waals surface area (Å²) >= 11 is 3.39. The second-order valence-electron chi connectivity index (χ2n) is 9.11. The number of halogens is 1. The number of nitrogens with one attached hydrogen (secondary N) is 1. The zero-order chi connectivity index (χ0) is 23.9. The van der Waals surface area contributed by atoms with Gasteiger partial charge in [-0.05, 0) is 75.4 Å². The van der Waals surface area contributed by atoms with Crippen LogP contribution in [-0.2, 0) is 17.8 Å². The fraction of sp³-hybridized carbons (Fsp3) is 0.444. The van der Waals surface area contributed by atoms with E-state index >= 15 is 0 Å². The highest BCUT2D eigenvalue weighted by molar-refractivity contribution is 9.10. The molecular weight excluding hydrogens is 492 g/mol. The van der Waals surface area contributed by atoms with Crippen LogP contribution in [0.3, 0.4) is 0 Å². The van der Waals surface area contributed by atoms with E-state index in [1.807, 2.05) is 47.4 Å². The maximum Gasteiger partial charge on any atom is 0.251 e. The second kappa shape index (κ2) is 11.6. The van der Waals surface area contributed by atoms with Crippen LogP contribution in [0.15, 0.2) is 53.0 Å². The van der Waals surface area contributed by atoms with Gasteiger partial charge in [0, 0.05) is 35.6 Å².